The minimum Gasteiger partial charge on any atom is -0.497 e. The first-order chi connectivity index (χ1) is 17.8. The summed E-state index contributed by atoms with van der Waals surface area (Å²) in [6.45, 7) is 5.70. The lowest BCUT2D eigenvalue weighted by Crippen LogP contribution is -2.40. The number of fused-ring (bicyclic) bond motifs is 1. The lowest BCUT2D eigenvalue weighted by atomic mass is 9.95. The van der Waals surface area contributed by atoms with Crippen molar-refractivity contribution in [3.8, 4) is 5.75 Å². The molecule has 0 unspecified atom stereocenters. The summed E-state index contributed by atoms with van der Waals surface area (Å²) in [4.78, 5) is 32.8. The number of nitrogens with one attached hydrogen (secondary N) is 1. The van der Waals surface area contributed by atoms with Gasteiger partial charge in [-0.2, -0.15) is 5.10 Å². The van der Waals surface area contributed by atoms with Crippen LogP contribution in [0.25, 0.3) is 6.08 Å². The third-order valence-electron chi connectivity index (χ3n) is 6.65. The second-order valence-electron chi connectivity index (χ2n) is 8.93. The van der Waals surface area contributed by atoms with Gasteiger partial charge < -0.3 is 10.1 Å². The van der Waals surface area contributed by atoms with Gasteiger partial charge >= 0.3 is 0 Å². The number of benzene rings is 2. The Kier molecular flexibility index (Phi) is 6.39. The van der Waals surface area contributed by atoms with Crippen LogP contribution in [0.3, 0.4) is 0 Å². The number of carbonyl (C=O) groups excluding carboxylic acids is 1. The fraction of sp³-hybridized carbons (Fsp3) is 0.214. The van der Waals surface area contributed by atoms with Crippen molar-refractivity contribution in [1.29, 1.82) is 0 Å². The lowest BCUT2D eigenvalue weighted by molar-refractivity contribution is -0.113. The highest BCUT2D eigenvalue weighted by Gasteiger charge is 2.32. The van der Waals surface area contributed by atoms with E-state index in [0.717, 1.165) is 22.4 Å². The van der Waals surface area contributed by atoms with Crippen LogP contribution >= 0.6 is 11.3 Å². The van der Waals surface area contributed by atoms with Gasteiger partial charge in [-0.25, -0.2) is 4.99 Å². The SMILES string of the molecule is COc1ccc([C@@H]2C(C(=O)Nc3ccccc3C)=C(C)N=c3sc(=Cc4cnn(C)c4C)c(=O)n32)cc1. The number of hydrogen-bond acceptors (Lipinski definition) is 6. The number of thiazole rings is 1. The standard InChI is InChI=1S/C28H27N5O3S/c1-16-8-6-7-9-22(16)31-26(34)24-17(2)30-28-33(25(24)19-10-12-21(36-5)13-11-19)27(35)23(37-28)14-20-15-29-32(4)18(20)3/h6-15,25H,1-5H3,(H,31,34)/t25-/m1/s1. The highest BCUT2D eigenvalue weighted by molar-refractivity contribution is 7.07. The van der Waals surface area contributed by atoms with Gasteiger partial charge in [-0.15, -0.1) is 0 Å². The number of carbonyl (C=O) groups is 1. The second kappa shape index (κ2) is 9.67. The number of ether oxygens (including phenoxy) is 1. The van der Waals surface area contributed by atoms with E-state index in [2.05, 4.69) is 10.4 Å². The molecule has 1 aliphatic heterocycles. The van der Waals surface area contributed by atoms with Crippen LogP contribution in [-0.2, 0) is 11.8 Å². The molecule has 5 rings (SSSR count). The van der Waals surface area contributed by atoms with E-state index < -0.39 is 6.04 Å². The number of allylic oxidation sites excluding steroid dienone is 1. The third-order valence-corrected chi connectivity index (χ3v) is 7.63. The summed E-state index contributed by atoms with van der Waals surface area (Å²) in [5.74, 6) is 0.392. The summed E-state index contributed by atoms with van der Waals surface area (Å²) in [5, 5.41) is 7.31. The van der Waals surface area contributed by atoms with Crippen molar-refractivity contribution in [3.63, 3.8) is 0 Å². The first-order valence-electron chi connectivity index (χ1n) is 11.8. The fourth-order valence-electron chi connectivity index (χ4n) is 4.41. The van der Waals surface area contributed by atoms with Gasteiger partial charge in [0.25, 0.3) is 11.5 Å². The smallest absolute Gasteiger partial charge is 0.271 e. The van der Waals surface area contributed by atoms with Crippen LogP contribution in [0.4, 0.5) is 5.69 Å². The topological polar surface area (TPSA) is 90.5 Å². The van der Waals surface area contributed by atoms with Gasteiger partial charge in [0.1, 0.15) is 5.75 Å². The van der Waals surface area contributed by atoms with Crippen LogP contribution in [0.15, 0.2) is 75.8 Å². The zero-order valence-electron chi connectivity index (χ0n) is 21.3. The molecule has 9 heteroatoms. The Bertz CT molecular complexity index is 1720. The van der Waals surface area contributed by atoms with Crippen molar-refractivity contribution in [2.24, 2.45) is 12.0 Å². The van der Waals surface area contributed by atoms with E-state index in [0.29, 0.717) is 32.0 Å². The summed E-state index contributed by atoms with van der Waals surface area (Å²) in [6, 6.07) is 14.4. The Labute approximate surface area is 217 Å². The molecular weight excluding hydrogens is 486 g/mol. The molecule has 8 nitrogen and oxygen atoms in total. The summed E-state index contributed by atoms with van der Waals surface area (Å²) in [5.41, 5.74) is 5.04. The molecule has 4 aromatic rings. The van der Waals surface area contributed by atoms with Gasteiger partial charge in [-0.05, 0) is 56.2 Å². The van der Waals surface area contributed by atoms with E-state index in [1.165, 1.54) is 11.3 Å². The number of amides is 1. The maximum atomic E-state index is 13.8. The van der Waals surface area contributed by atoms with Gasteiger partial charge in [0.15, 0.2) is 4.80 Å². The van der Waals surface area contributed by atoms with E-state index in [1.807, 2.05) is 82.4 Å². The molecule has 37 heavy (non-hydrogen) atoms. The van der Waals surface area contributed by atoms with Crippen LogP contribution in [0, 0.1) is 13.8 Å². The molecule has 1 atom stereocenters. The Balaban J connectivity index is 1.68. The average Bonchev–Trinajstić information content (AvgIpc) is 3.37. The number of hydrogen-bond donors (Lipinski definition) is 1. The molecule has 2 aromatic carbocycles. The predicted molar refractivity (Wildman–Crippen MR) is 145 cm³/mol. The Morgan fingerprint density at radius 2 is 1.84 bits per heavy atom. The number of aryl methyl sites for hydroxylation is 2. The monoisotopic (exact) mass is 513 g/mol. The Hall–Kier alpha value is -4.24. The third kappa shape index (κ3) is 4.42. The van der Waals surface area contributed by atoms with Crippen molar-refractivity contribution in [3.05, 3.63) is 108 Å². The molecule has 1 amide bonds. The Morgan fingerprint density at radius 3 is 2.49 bits per heavy atom. The molecule has 188 valence electrons. The van der Waals surface area contributed by atoms with Crippen molar-refractivity contribution in [2.45, 2.75) is 26.8 Å². The fourth-order valence-corrected chi connectivity index (χ4v) is 5.45. The van der Waals surface area contributed by atoms with Gasteiger partial charge in [0, 0.05) is 24.0 Å². The highest BCUT2D eigenvalue weighted by Crippen LogP contribution is 2.32. The van der Waals surface area contributed by atoms with Gasteiger partial charge in [-0.3, -0.25) is 18.8 Å². The molecule has 0 radical (unpaired) electrons. The molecule has 0 saturated carbocycles. The van der Waals surface area contributed by atoms with E-state index in [1.54, 1.807) is 22.6 Å². The number of aromatic nitrogens is 3. The average molecular weight is 514 g/mol. The van der Waals surface area contributed by atoms with Crippen LogP contribution in [0.1, 0.15) is 35.3 Å². The summed E-state index contributed by atoms with van der Waals surface area (Å²) in [6.07, 6.45) is 3.57. The number of nitrogens with zero attached hydrogens (tertiary/aromatic N) is 4. The minimum absolute atomic E-state index is 0.207. The van der Waals surface area contributed by atoms with Crippen molar-refractivity contribution in [2.75, 3.05) is 12.4 Å². The Morgan fingerprint density at radius 1 is 1.11 bits per heavy atom. The van der Waals surface area contributed by atoms with E-state index >= 15 is 0 Å². The molecular formula is C28H27N5O3S. The van der Waals surface area contributed by atoms with Crippen LogP contribution < -0.4 is 24.9 Å². The molecule has 0 saturated heterocycles. The molecule has 3 heterocycles. The zero-order chi connectivity index (χ0) is 26.3. The van der Waals surface area contributed by atoms with Crippen molar-refractivity contribution >= 4 is 29.0 Å². The number of rotatable bonds is 5. The van der Waals surface area contributed by atoms with E-state index in [-0.39, 0.29) is 11.5 Å². The molecule has 0 spiro atoms. The van der Waals surface area contributed by atoms with Crippen LogP contribution in [0.5, 0.6) is 5.75 Å². The molecule has 0 bridgehead atoms. The van der Waals surface area contributed by atoms with Crippen LogP contribution in [0.2, 0.25) is 0 Å². The normalized spacial score (nSPS) is 15.4. The highest BCUT2D eigenvalue weighted by atomic mass is 32.1. The molecule has 0 aliphatic carbocycles. The van der Waals surface area contributed by atoms with Gasteiger partial charge in [-0.1, -0.05) is 41.7 Å². The molecule has 2 aromatic heterocycles. The van der Waals surface area contributed by atoms with Gasteiger partial charge in [0.2, 0.25) is 0 Å². The van der Waals surface area contributed by atoms with Gasteiger partial charge in [0.05, 0.1) is 35.2 Å². The first kappa shape index (κ1) is 24.5. The summed E-state index contributed by atoms with van der Waals surface area (Å²) in [7, 11) is 3.46. The van der Waals surface area contributed by atoms with E-state index in [9.17, 15) is 9.59 Å². The number of para-hydroxylation sites is 1. The number of methoxy groups -OCH3 is 1. The summed E-state index contributed by atoms with van der Waals surface area (Å²) >= 11 is 1.31. The molecule has 1 aliphatic rings. The maximum absolute atomic E-state index is 13.8. The van der Waals surface area contributed by atoms with Crippen molar-refractivity contribution < 1.29 is 9.53 Å². The largest absolute Gasteiger partial charge is 0.497 e. The molecule has 1 N–H and O–H groups in total. The number of anilines is 1. The van der Waals surface area contributed by atoms with Crippen molar-refractivity contribution in [1.82, 2.24) is 14.3 Å². The lowest BCUT2D eigenvalue weighted by Gasteiger charge is -2.25. The van der Waals surface area contributed by atoms with Crippen LogP contribution in [-0.4, -0.2) is 27.4 Å². The first-order valence-corrected chi connectivity index (χ1v) is 12.6. The molecule has 0 fully saturated rings. The predicted octanol–water partition coefficient (Wildman–Crippen LogP) is 3.23. The maximum Gasteiger partial charge on any atom is 0.271 e. The summed E-state index contributed by atoms with van der Waals surface area (Å²) < 4.78 is 9.24. The zero-order valence-corrected chi connectivity index (χ0v) is 22.1. The second-order valence-corrected chi connectivity index (χ2v) is 9.94. The van der Waals surface area contributed by atoms with E-state index in [4.69, 9.17) is 9.73 Å². The quantitative estimate of drug-likeness (QED) is 0.444. The minimum atomic E-state index is -0.650.